The average Bonchev–Trinajstić information content (AvgIpc) is 2.78. The number of hydrogen-bond donors (Lipinski definition) is 1. The van der Waals surface area contributed by atoms with Crippen molar-refractivity contribution in [2.24, 2.45) is 15.4 Å². The number of rotatable bonds is 13. The third-order valence-electron chi connectivity index (χ3n) is 5.32. The molecule has 1 rings (SSSR count). The molecule has 0 heterocycles. The standard InChI is InChI=1S/C24H41N7O/c1-9-19(4)22(16-17-30(8)28-27-20(5)31(11-3)25-10-2)26-23-15-13-12-14-21(23)18-24(32)29(6)7/h9-10,12-15,20,22,26H,11,16-18H2,1-8H3/b19-9+,25-10-,28-27-. The van der Waals surface area contributed by atoms with E-state index >= 15 is 0 Å². The zero-order chi connectivity index (χ0) is 24.1. The first kappa shape index (κ1) is 27.1. The Labute approximate surface area is 194 Å². The predicted molar refractivity (Wildman–Crippen MR) is 134 cm³/mol. The number of benzene rings is 1. The quantitative estimate of drug-likeness (QED) is 0.212. The maximum atomic E-state index is 12.2. The molecule has 0 aromatic heterocycles. The van der Waals surface area contributed by atoms with E-state index in [0.717, 1.165) is 30.8 Å². The molecule has 8 nitrogen and oxygen atoms in total. The monoisotopic (exact) mass is 443 g/mol. The van der Waals surface area contributed by atoms with Crippen LogP contribution in [0.4, 0.5) is 5.69 Å². The van der Waals surface area contributed by atoms with E-state index in [9.17, 15) is 4.79 Å². The topological polar surface area (TPSA) is 75.9 Å². The number of amides is 1. The van der Waals surface area contributed by atoms with E-state index in [0.29, 0.717) is 6.42 Å². The number of para-hydroxylation sites is 1. The van der Waals surface area contributed by atoms with Gasteiger partial charge in [0.2, 0.25) is 5.91 Å². The van der Waals surface area contributed by atoms with E-state index in [1.165, 1.54) is 5.57 Å². The fourth-order valence-electron chi connectivity index (χ4n) is 3.11. The van der Waals surface area contributed by atoms with Gasteiger partial charge in [0.15, 0.2) is 6.17 Å². The van der Waals surface area contributed by atoms with Crippen molar-refractivity contribution in [2.45, 2.75) is 59.7 Å². The highest BCUT2D eigenvalue weighted by Gasteiger charge is 2.15. The lowest BCUT2D eigenvalue weighted by Gasteiger charge is -2.25. The number of anilines is 1. The van der Waals surface area contributed by atoms with Crippen LogP contribution < -0.4 is 5.32 Å². The number of hydrogen-bond acceptors (Lipinski definition) is 6. The first-order valence-electron chi connectivity index (χ1n) is 11.3. The van der Waals surface area contributed by atoms with E-state index in [4.69, 9.17) is 0 Å². The molecule has 0 spiro atoms. The van der Waals surface area contributed by atoms with Crippen LogP contribution >= 0.6 is 0 Å². The second kappa shape index (κ2) is 14.2. The first-order chi connectivity index (χ1) is 15.2. The van der Waals surface area contributed by atoms with E-state index in [1.54, 1.807) is 25.2 Å². The SMILES string of the molecule is C/C=N\N(CC)C(C)/N=N\N(C)CCC(Nc1ccccc1CC(=O)N(C)C)/C(C)=C/C. The van der Waals surface area contributed by atoms with Crippen LogP contribution in [0, 0.1) is 0 Å². The molecule has 0 aliphatic heterocycles. The van der Waals surface area contributed by atoms with E-state index in [1.807, 2.05) is 69.0 Å². The molecule has 1 aromatic rings. The highest BCUT2D eigenvalue weighted by molar-refractivity contribution is 5.80. The molecule has 0 saturated carbocycles. The molecular weight excluding hydrogens is 402 g/mol. The number of allylic oxidation sites excluding steroid dienone is 1. The lowest BCUT2D eigenvalue weighted by molar-refractivity contribution is -0.127. The Kier molecular flexibility index (Phi) is 12.1. The van der Waals surface area contributed by atoms with Crippen LogP contribution in [-0.4, -0.2) is 73.5 Å². The largest absolute Gasteiger partial charge is 0.378 e. The Morgan fingerprint density at radius 1 is 1.19 bits per heavy atom. The van der Waals surface area contributed by atoms with Gasteiger partial charge in [0.05, 0.1) is 6.42 Å². The molecule has 0 radical (unpaired) electrons. The molecule has 0 saturated heterocycles. The van der Waals surface area contributed by atoms with Crippen molar-refractivity contribution in [1.82, 2.24) is 14.9 Å². The molecule has 1 N–H and O–H groups in total. The molecule has 0 fully saturated rings. The minimum Gasteiger partial charge on any atom is -0.378 e. The molecule has 178 valence electrons. The summed E-state index contributed by atoms with van der Waals surface area (Å²) >= 11 is 0. The molecule has 0 bridgehead atoms. The van der Waals surface area contributed by atoms with Gasteiger partial charge >= 0.3 is 0 Å². The van der Waals surface area contributed by atoms with Crippen molar-refractivity contribution in [2.75, 3.05) is 39.5 Å². The second-order valence-electron chi connectivity index (χ2n) is 7.99. The Balaban J connectivity index is 2.84. The summed E-state index contributed by atoms with van der Waals surface area (Å²) in [6, 6.07) is 8.13. The van der Waals surface area contributed by atoms with Gasteiger partial charge in [-0.2, -0.15) is 5.10 Å². The average molecular weight is 444 g/mol. The number of nitrogens with one attached hydrogen (secondary N) is 1. The van der Waals surface area contributed by atoms with E-state index < -0.39 is 0 Å². The van der Waals surface area contributed by atoms with Crippen molar-refractivity contribution in [1.29, 1.82) is 0 Å². The summed E-state index contributed by atoms with van der Waals surface area (Å²) in [4.78, 5) is 13.9. The van der Waals surface area contributed by atoms with Crippen LogP contribution in [0.1, 0.15) is 46.6 Å². The third-order valence-corrected chi connectivity index (χ3v) is 5.32. The van der Waals surface area contributed by atoms with Gasteiger partial charge in [-0.3, -0.25) is 14.8 Å². The van der Waals surface area contributed by atoms with Crippen LogP contribution in [0.2, 0.25) is 0 Å². The van der Waals surface area contributed by atoms with Crippen LogP contribution in [0.15, 0.2) is 51.4 Å². The van der Waals surface area contributed by atoms with E-state index in [2.05, 4.69) is 33.8 Å². The zero-order valence-electron chi connectivity index (χ0n) is 21.0. The van der Waals surface area contributed by atoms with Gasteiger partial charge in [0, 0.05) is 52.2 Å². The molecule has 0 aliphatic rings. The summed E-state index contributed by atoms with van der Waals surface area (Å²) in [6.45, 7) is 11.6. The minimum atomic E-state index is -0.119. The number of nitrogens with zero attached hydrogens (tertiary/aromatic N) is 6. The van der Waals surface area contributed by atoms with Gasteiger partial charge in [-0.1, -0.05) is 35.1 Å². The van der Waals surface area contributed by atoms with Crippen molar-refractivity contribution < 1.29 is 4.79 Å². The molecule has 2 atom stereocenters. The highest BCUT2D eigenvalue weighted by atomic mass is 16.2. The third kappa shape index (κ3) is 9.08. The smallest absolute Gasteiger partial charge is 0.226 e. The second-order valence-corrected chi connectivity index (χ2v) is 7.99. The number of likely N-dealkylation sites (N-methyl/N-ethyl adjacent to an activating group) is 1. The molecule has 1 amide bonds. The van der Waals surface area contributed by atoms with Crippen LogP contribution in [0.25, 0.3) is 0 Å². The Bertz CT molecular complexity index is 788. The molecular formula is C24H41N7O. The summed E-state index contributed by atoms with van der Waals surface area (Å²) in [5, 5.41) is 20.4. The Hall–Kier alpha value is -2.90. The number of carbonyl (C=O) groups excluding carboxylic acids is 1. The summed E-state index contributed by atoms with van der Waals surface area (Å²) in [7, 11) is 5.50. The van der Waals surface area contributed by atoms with Crippen molar-refractivity contribution in [3.05, 3.63) is 41.5 Å². The summed E-state index contributed by atoms with van der Waals surface area (Å²) < 4.78 is 0. The lowest BCUT2D eigenvalue weighted by Crippen LogP contribution is -2.29. The van der Waals surface area contributed by atoms with Crippen molar-refractivity contribution in [3.8, 4) is 0 Å². The van der Waals surface area contributed by atoms with Gasteiger partial charge in [-0.15, -0.1) is 5.11 Å². The normalized spacial score (nSPS) is 13.9. The minimum absolute atomic E-state index is 0.0846. The van der Waals surface area contributed by atoms with Gasteiger partial charge in [0.25, 0.3) is 0 Å². The van der Waals surface area contributed by atoms with Crippen LogP contribution in [0.3, 0.4) is 0 Å². The van der Waals surface area contributed by atoms with Gasteiger partial charge in [-0.25, -0.2) is 0 Å². The summed E-state index contributed by atoms with van der Waals surface area (Å²) in [5.41, 5.74) is 3.23. The van der Waals surface area contributed by atoms with Crippen molar-refractivity contribution in [3.63, 3.8) is 0 Å². The maximum absolute atomic E-state index is 12.2. The van der Waals surface area contributed by atoms with Crippen molar-refractivity contribution >= 4 is 17.8 Å². The fraction of sp³-hybridized carbons (Fsp3) is 0.583. The van der Waals surface area contributed by atoms with Gasteiger partial charge in [0.1, 0.15) is 0 Å². The molecule has 32 heavy (non-hydrogen) atoms. The molecule has 8 heteroatoms. The predicted octanol–water partition coefficient (Wildman–Crippen LogP) is 4.43. The zero-order valence-corrected chi connectivity index (χ0v) is 21.0. The number of hydrazone groups is 1. The summed E-state index contributed by atoms with van der Waals surface area (Å²) in [5.74, 6) is 0.0846. The molecule has 2 unspecified atom stereocenters. The van der Waals surface area contributed by atoms with Gasteiger partial charge in [-0.05, 0) is 52.7 Å². The Morgan fingerprint density at radius 3 is 2.47 bits per heavy atom. The highest BCUT2D eigenvalue weighted by Crippen LogP contribution is 2.21. The molecule has 0 aliphatic carbocycles. The lowest BCUT2D eigenvalue weighted by atomic mass is 10.0. The van der Waals surface area contributed by atoms with Gasteiger partial charge < -0.3 is 10.2 Å². The van der Waals surface area contributed by atoms with Crippen LogP contribution in [-0.2, 0) is 11.2 Å². The first-order valence-corrected chi connectivity index (χ1v) is 11.3. The maximum Gasteiger partial charge on any atom is 0.226 e. The van der Waals surface area contributed by atoms with Crippen LogP contribution in [0.5, 0.6) is 0 Å². The number of carbonyl (C=O) groups is 1. The Morgan fingerprint density at radius 2 is 1.88 bits per heavy atom. The van der Waals surface area contributed by atoms with E-state index in [-0.39, 0.29) is 18.1 Å². The summed E-state index contributed by atoms with van der Waals surface area (Å²) in [6.07, 6.45) is 4.99. The fourth-order valence-corrected chi connectivity index (χ4v) is 3.11. The molecule has 1 aromatic carbocycles.